The molecule has 6 heteroatoms. The monoisotopic (exact) mass is 253 g/mol. The first-order chi connectivity index (χ1) is 8.16. The molecule has 0 fully saturated rings. The van der Waals surface area contributed by atoms with Gasteiger partial charge in [-0.25, -0.2) is 14.2 Å². The second-order valence-electron chi connectivity index (χ2n) is 3.20. The molecule has 2 rings (SSSR count). The molecule has 1 aromatic heterocycles. The van der Waals surface area contributed by atoms with Crippen molar-refractivity contribution in [3.05, 3.63) is 47.6 Å². The van der Waals surface area contributed by atoms with Crippen LogP contribution in [-0.4, -0.2) is 16.1 Å². The van der Waals surface area contributed by atoms with E-state index in [2.05, 4.69) is 4.98 Å². The molecule has 17 heavy (non-hydrogen) atoms. The molecule has 0 amide bonds. The van der Waals surface area contributed by atoms with Crippen LogP contribution in [-0.2, 0) is 5.75 Å². The summed E-state index contributed by atoms with van der Waals surface area (Å²) in [6, 6.07) is 3.69. The van der Waals surface area contributed by atoms with Crippen molar-refractivity contribution in [3.63, 3.8) is 0 Å². The molecule has 0 aliphatic heterocycles. The Kier molecular flexibility index (Phi) is 3.43. The highest BCUT2D eigenvalue weighted by Crippen LogP contribution is 2.23. The normalized spacial score (nSPS) is 10.4. The van der Waals surface area contributed by atoms with Crippen LogP contribution in [0.15, 0.2) is 40.3 Å². The third kappa shape index (κ3) is 2.85. The molecule has 4 nitrogen and oxygen atoms in total. The second-order valence-corrected chi connectivity index (χ2v) is 4.12. The lowest BCUT2D eigenvalue weighted by atomic mass is 10.1. The lowest BCUT2D eigenvalue weighted by molar-refractivity contribution is 0.0696. The first-order valence-corrected chi connectivity index (χ1v) is 5.69. The minimum absolute atomic E-state index is 0.0643. The maximum absolute atomic E-state index is 13.4. The van der Waals surface area contributed by atoms with Gasteiger partial charge >= 0.3 is 5.97 Å². The summed E-state index contributed by atoms with van der Waals surface area (Å²) < 4.78 is 18.4. The molecule has 0 radical (unpaired) electrons. The number of carboxylic acid groups (broad SMARTS) is 1. The number of carboxylic acids is 1. The number of nitrogens with zero attached hydrogens (tertiary/aromatic N) is 1. The van der Waals surface area contributed by atoms with Crippen LogP contribution in [0.4, 0.5) is 4.39 Å². The maximum Gasteiger partial charge on any atom is 0.335 e. The van der Waals surface area contributed by atoms with Gasteiger partial charge in [-0.1, -0.05) is 11.8 Å². The van der Waals surface area contributed by atoms with E-state index in [1.165, 1.54) is 36.4 Å². The SMILES string of the molecule is O=C(O)c1ccc(F)c(CSc2ncco2)c1. The number of rotatable bonds is 4. The van der Waals surface area contributed by atoms with E-state index in [0.29, 0.717) is 10.8 Å². The summed E-state index contributed by atoms with van der Waals surface area (Å²) in [5.41, 5.74) is 0.377. The van der Waals surface area contributed by atoms with E-state index in [9.17, 15) is 9.18 Å². The first kappa shape index (κ1) is 11.7. The maximum atomic E-state index is 13.4. The van der Waals surface area contributed by atoms with Crippen LogP contribution in [0.2, 0.25) is 0 Å². The standard InChI is InChI=1S/C11H8FNO3S/c12-9-2-1-7(10(14)15)5-8(9)6-17-11-13-3-4-16-11/h1-5H,6H2,(H,14,15). The molecule has 0 spiro atoms. The number of hydrogen-bond acceptors (Lipinski definition) is 4. The van der Waals surface area contributed by atoms with E-state index >= 15 is 0 Å². The van der Waals surface area contributed by atoms with Crippen molar-refractivity contribution in [2.45, 2.75) is 11.0 Å². The number of aromatic carboxylic acids is 1. The fraction of sp³-hybridized carbons (Fsp3) is 0.0909. The Hall–Kier alpha value is -1.82. The van der Waals surface area contributed by atoms with Gasteiger partial charge in [0.05, 0.1) is 11.8 Å². The number of thioether (sulfide) groups is 1. The Morgan fingerprint density at radius 1 is 1.53 bits per heavy atom. The Morgan fingerprint density at radius 2 is 2.35 bits per heavy atom. The molecule has 0 saturated carbocycles. The van der Waals surface area contributed by atoms with Crippen LogP contribution in [0, 0.1) is 5.82 Å². The summed E-state index contributed by atoms with van der Waals surface area (Å²) in [4.78, 5) is 14.6. The van der Waals surface area contributed by atoms with Gasteiger partial charge in [-0.15, -0.1) is 0 Å². The van der Waals surface area contributed by atoms with Gasteiger partial charge in [-0.3, -0.25) is 0 Å². The highest BCUT2D eigenvalue weighted by molar-refractivity contribution is 7.98. The number of halogens is 1. The molecule has 1 aromatic carbocycles. The summed E-state index contributed by atoms with van der Waals surface area (Å²) >= 11 is 1.20. The third-order valence-corrected chi connectivity index (χ3v) is 2.96. The number of aromatic nitrogens is 1. The van der Waals surface area contributed by atoms with E-state index in [4.69, 9.17) is 9.52 Å². The molecule has 0 atom stereocenters. The smallest absolute Gasteiger partial charge is 0.335 e. The predicted molar refractivity (Wildman–Crippen MR) is 59.4 cm³/mol. The van der Waals surface area contributed by atoms with Gasteiger partial charge in [0, 0.05) is 5.75 Å². The average molecular weight is 253 g/mol. The van der Waals surface area contributed by atoms with Crippen LogP contribution in [0.25, 0.3) is 0 Å². The van der Waals surface area contributed by atoms with Crippen LogP contribution in [0.5, 0.6) is 0 Å². The van der Waals surface area contributed by atoms with Gasteiger partial charge in [0.1, 0.15) is 12.1 Å². The van der Waals surface area contributed by atoms with Crippen molar-refractivity contribution >= 4 is 17.7 Å². The average Bonchev–Trinajstić information content (AvgIpc) is 2.80. The summed E-state index contributed by atoms with van der Waals surface area (Å²) in [6.07, 6.45) is 2.92. The molecular weight excluding hydrogens is 245 g/mol. The fourth-order valence-corrected chi connectivity index (χ4v) is 2.00. The first-order valence-electron chi connectivity index (χ1n) is 4.71. The van der Waals surface area contributed by atoms with Crippen LogP contribution in [0.3, 0.4) is 0 Å². The van der Waals surface area contributed by atoms with E-state index in [1.807, 2.05) is 0 Å². The number of oxazole rings is 1. The zero-order chi connectivity index (χ0) is 12.3. The highest BCUT2D eigenvalue weighted by atomic mass is 32.2. The summed E-state index contributed by atoms with van der Waals surface area (Å²) in [5, 5.41) is 9.21. The minimum Gasteiger partial charge on any atom is -0.478 e. The molecule has 88 valence electrons. The van der Waals surface area contributed by atoms with Gasteiger partial charge in [0.25, 0.3) is 5.22 Å². The van der Waals surface area contributed by atoms with Gasteiger partial charge < -0.3 is 9.52 Å². The van der Waals surface area contributed by atoms with Crippen molar-refractivity contribution in [1.82, 2.24) is 4.98 Å². The number of carbonyl (C=O) groups is 1. The predicted octanol–water partition coefficient (Wildman–Crippen LogP) is 2.80. The van der Waals surface area contributed by atoms with Gasteiger partial charge in [0.2, 0.25) is 0 Å². The van der Waals surface area contributed by atoms with E-state index in [-0.39, 0.29) is 11.3 Å². The summed E-state index contributed by atoms with van der Waals surface area (Å²) in [5.74, 6) is -1.24. The molecule has 2 aromatic rings. The van der Waals surface area contributed by atoms with Crippen LogP contribution in [0.1, 0.15) is 15.9 Å². The highest BCUT2D eigenvalue weighted by Gasteiger charge is 2.09. The Morgan fingerprint density at radius 3 is 3.00 bits per heavy atom. The third-order valence-electron chi connectivity index (χ3n) is 2.05. The molecule has 0 saturated heterocycles. The minimum atomic E-state index is -1.08. The lowest BCUT2D eigenvalue weighted by Crippen LogP contribution is -1.99. The van der Waals surface area contributed by atoms with Gasteiger partial charge in [-0.2, -0.15) is 0 Å². The summed E-state index contributed by atoms with van der Waals surface area (Å²) in [6.45, 7) is 0. The van der Waals surface area contributed by atoms with Crippen molar-refractivity contribution in [2.75, 3.05) is 0 Å². The molecule has 1 N–H and O–H groups in total. The van der Waals surface area contributed by atoms with Gasteiger partial charge in [-0.05, 0) is 23.8 Å². The number of benzene rings is 1. The van der Waals surface area contributed by atoms with Crippen LogP contribution >= 0.6 is 11.8 Å². The molecular formula is C11H8FNO3S. The Bertz CT molecular complexity index is 528. The van der Waals surface area contributed by atoms with Gasteiger partial charge in [0.15, 0.2) is 0 Å². The van der Waals surface area contributed by atoms with Crippen molar-refractivity contribution < 1.29 is 18.7 Å². The molecule has 0 unspecified atom stereocenters. The summed E-state index contributed by atoms with van der Waals surface area (Å²) in [7, 11) is 0. The Labute approximate surface area is 100 Å². The topological polar surface area (TPSA) is 63.3 Å². The van der Waals surface area contributed by atoms with Crippen molar-refractivity contribution in [1.29, 1.82) is 0 Å². The van der Waals surface area contributed by atoms with E-state index < -0.39 is 11.8 Å². The zero-order valence-electron chi connectivity index (χ0n) is 8.59. The molecule has 1 heterocycles. The molecule has 0 aliphatic carbocycles. The van der Waals surface area contributed by atoms with E-state index in [0.717, 1.165) is 6.07 Å². The van der Waals surface area contributed by atoms with Crippen molar-refractivity contribution in [3.8, 4) is 0 Å². The van der Waals surface area contributed by atoms with Crippen LogP contribution < -0.4 is 0 Å². The fourth-order valence-electron chi connectivity index (χ4n) is 1.24. The molecule has 0 aliphatic rings. The Balaban J connectivity index is 2.14. The zero-order valence-corrected chi connectivity index (χ0v) is 9.41. The van der Waals surface area contributed by atoms with Crippen molar-refractivity contribution in [2.24, 2.45) is 0 Å². The largest absolute Gasteiger partial charge is 0.478 e. The molecule has 0 bridgehead atoms. The van der Waals surface area contributed by atoms with E-state index in [1.54, 1.807) is 0 Å². The number of hydrogen-bond donors (Lipinski definition) is 1. The quantitative estimate of drug-likeness (QED) is 0.849. The second kappa shape index (κ2) is 5.01. The lowest BCUT2D eigenvalue weighted by Gasteiger charge is -2.02.